The maximum Gasteiger partial charge on any atom is 0.253 e. The van der Waals surface area contributed by atoms with Crippen LogP contribution < -0.4 is 0 Å². The zero-order chi connectivity index (χ0) is 19.4. The van der Waals surface area contributed by atoms with Crippen LogP contribution >= 0.6 is 0 Å². The van der Waals surface area contributed by atoms with Crippen LogP contribution in [0.5, 0.6) is 0 Å². The van der Waals surface area contributed by atoms with Crippen LogP contribution in [0, 0.1) is 12.8 Å². The minimum absolute atomic E-state index is 0.0320. The minimum Gasteiger partial charge on any atom is -0.345 e. The van der Waals surface area contributed by atoms with Gasteiger partial charge in [-0.2, -0.15) is 0 Å². The van der Waals surface area contributed by atoms with Crippen LogP contribution in [0.1, 0.15) is 44.7 Å². The average molecular weight is 364 g/mol. The molecule has 0 radical (unpaired) electrons. The number of nitrogens with zero attached hydrogens (tertiary/aromatic N) is 2. The van der Waals surface area contributed by atoms with Crippen LogP contribution in [0.2, 0.25) is 0 Å². The number of carbonyl (C=O) groups is 2. The van der Waals surface area contributed by atoms with E-state index >= 15 is 0 Å². The van der Waals surface area contributed by atoms with Gasteiger partial charge in [0.25, 0.3) is 11.8 Å². The molecule has 1 aliphatic heterocycles. The lowest BCUT2D eigenvalue weighted by molar-refractivity contribution is 0.0690. The Morgan fingerprint density at radius 3 is 2.26 bits per heavy atom. The Balaban J connectivity index is 1.53. The maximum atomic E-state index is 12.7. The lowest BCUT2D eigenvalue weighted by Crippen LogP contribution is -2.38. The number of carbonyl (C=O) groups excluding carboxylic acids is 2. The number of aryl methyl sites for hydroxylation is 1. The van der Waals surface area contributed by atoms with E-state index in [4.69, 9.17) is 0 Å². The summed E-state index contributed by atoms with van der Waals surface area (Å²) in [6.45, 7) is 3.64. The molecule has 27 heavy (non-hydrogen) atoms. The first-order valence-electron chi connectivity index (χ1n) is 9.60. The van der Waals surface area contributed by atoms with Crippen LogP contribution in [0.4, 0.5) is 0 Å². The van der Waals surface area contributed by atoms with Crippen LogP contribution in [0.3, 0.4) is 0 Å². The fourth-order valence-electron chi connectivity index (χ4n) is 3.68. The smallest absolute Gasteiger partial charge is 0.253 e. The molecule has 0 aliphatic carbocycles. The van der Waals surface area contributed by atoms with Crippen molar-refractivity contribution in [3.05, 3.63) is 70.8 Å². The molecule has 0 atom stereocenters. The molecule has 3 rings (SSSR count). The lowest BCUT2D eigenvalue weighted by Gasteiger charge is -2.32. The molecular weight excluding hydrogens is 336 g/mol. The average Bonchev–Trinajstić information content (AvgIpc) is 2.68. The Bertz CT molecular complexity index is 803. The third kappa shape index (κ3) is 4.76. The van der Waals surface area contributed by atoms with E-state index in [1.54, 1.807) is 19.0 Å². The first kappa shape index (κ1) is 19.2. The molecule has 0 spiro atoms. The van der Waals surface area contributed by atoms with Gasteiger partial charge in [0.05, 0.1) is 0 Å². The number of rotatable bonds is 4. The molecule has 1 heterocycles. The van der Waals surface area contributed by atoms with Crippen LogP contribution in [-0.2, 0) is 6.42 Å². The van der Waals surface area contributed by atoms with Gasteiger partial charge in [-0.1, -0.05) is 29.8 Å². The molecule has 1 saturated heterocycles. The van der Waals surface area contributed by atoms with Gasteiger partial charge in [-0.3, -0.25) is 9.59 Å². The van der Waals surface area contributed by atoms with Crippen LogP contribution in [0.15, 0.2) is 48.5 Å². The zero-order valence-corrected chi connectivity index (χ0v) is 16.4. The van der Waals surface area contributed by atoms with Gasteiger partial charge in [-0.15, -0.1) is 0 Å². The number of likely N-dealkylation sites (tertiary alicyclic amines) is 1. The first-order valence-corrected chi connectivity index (χ1v) is 9.60. The molecule has 0 aromatic heterocycles. The molecular formula is C23H28N2O2. The molecule has 0 saturated carbocycles. The van der Waals surface area contributed by atoms with Crippen molar-refractivity contribution in [3.8, 4) is 0 Å². The molecule has 4 nitrogen and oxygen atoms in total. The van der Waals surface area contributed by atoms with Gasteiger partial charge in [0.2, 0.25) is 0 Å². The van der Waals surface area contributed by atoms with Crippen molar-refractivity contribution in [2.75, 3.05) is 27.2 Å². The summed E-state index contributed by atoms with van der Waals surface area (Å²) in [7, 11) is 3.53. The Morgan fingerprint density at radius 2 is 1.67 bits per heavy atom. The van der Waals surface area contributed by atoms with Crippen molar-refractivity contribution in [3.63, 3.8) is 0 Å². The van der Waals surface area contributed by atoms with Crippen molar-refractivity contribution >= 4 is 11.8 Å². The minimum atomic E-state index is 0.0320. The molecule has 2 aromatic rings. The van der Waals surface area contributed by atoms with Crippen molar-refractivity contribution < 1.29 is 9.59 Å². The van der Waals surface area contributed by atoms with Gasteiger partial charge < -0.3 is 9.80 Å². The fraction of sp³-hybridized carbons (Fsp3) is 0.391. The van der Waals surface area contributed by atoms with Gasteiger partial charge >= 0.3 is 0 Å². The van der Waals surface area contributed by atoms with E-state index in [1.165, 1.54) is 5.56 Å². The second-order valence-corrected chi connectivity index (χ2v) is 7.71. The Hall–Kier alpha value is -2.62. The third-order valence-corrected chi connectivity index (χ3v) is 5.30. The van der Waals surface area contributed by atoms with Crippen LogP contribution in [0.25, 0.3) is 0 Å². The predicted molar refractivity (Wildman–Crippen MR) is 108 cm³/mol. The number of benzene rings is 2. The van der Waals surface area contributed by atoms with E-state index in [9.17, 15) is 9.59 Å². The highest BCUT2D eigenvalue weighted by atomic mass is 16.2. The quantitative estimate of drug-likeness (QED) is 0.828. The largest absolute Gasteiger partial charge is 0.345 e. The van der Waals surface area contributed by atoms with Gasteiger partial charge in [-0.05, 0) is 61.9 Å². The molecule has 1 aliphatic rings. The summed E-state index contributed by atoms with van der Waals surface area (Å²) in [5.74, 6) is 0.759. The normalized spacial score (nSPS) is 14.9. The monoisotopic (exact) mass is 364 g/mol. The van der Waals surface area contributed by atoms with E-state index in [0.717, 1.165) is 49.0 Å². The maximum absolute atomic E-state index is 12.7. The summed E-state index contributed by atoms with van der Waals surface area (Å²) in [6.07, 6.45) is 3.05. The summed E-state index contributed by atoms with van der Waals surface area (Å²) in [5, 5.41) is 0. The number of hydrogen-bond acceptors (Lipinski definition) is 2. The van der Waals surface area contributed by atoms with E-state index < -0.39 is 0 Å². The van der Waals surface area contributed by atoms with Gasteiger partial charge in [-0.25, -0.2) is 0 Å². The van der Waals surface area contributed by atoms with Gasteiger partial charge in [0, 0.05) is 38.3 Å². The SMILES string of the molecule is Cc1cccc(C(=O)N2CCC(Cc3ccc(C(=O)N(C)C)cc3)CC2)c1. The van der Waals surface area contributed by atoms with E-state index in [0.29, 0.717) is 5.92 Å². The number of piperidine rings is 1. The van der Waals surface area contributed by atoms with Crippen LogP contribution in [-0.4, -0.2) is 48.8 Å². The summed E-state index contributed by atoms with van der Waals surface area (Å²) in [5.41, 5.74) is 3.89. The summed E-state index contributed by atoms with van der Waals surface area (Å²) < 4.78 is 0. The molecule has 4 heteroatoms. The second kappa shape index (κ2) is 8.38. The highest BCUT2D eigenvalue weighted by Gasteiger charge is 2.24. The van der Waals surface area contributed by atoms with E-state index in [1.807, 2.05) is 48.2 Å². The molecule has 1 fully saturated rings. The van der Waals surface area contributed by atoms with Crippen molar-refractivity contribution in [2.24, 2.45) is 5.92 Å². The second-order valence-electron chi connectivity index (χ2n) is 7.71. The Kier molecular flexibility index (Phi) is 5.94. The summed E-state index contributed by atoms with van der Waals surface area (Å²) in [4.78, 5) is 28.2. The molecule has 0 bridgehead atoms. The molecule has 0 N–H and O–H groups in total. The van der Waals surface area contributed by atoms with E-state index in [-0.39, 0.29) is 11.8 Å². The number of amides is 2. The van der Waals surface area contributed by atoms with Crippen molar-refractivity contribution in [1.29, 1.82) is 0 Å². The number of hydrogen-bond donors (Lipinski definition) is 0. The Labute approximate surface area is 161 Å². The summed E-state index contributed by atoms with van der Waals surface area (Å²) >= 11 is 0. The van der Waals surface area contributed by atoms with E-state index in [2.05, 4.69) is 12.1 Å². The standard InChI is InChI=1S/C23H28N2O2/c1-17-5-4-6-21(15-17)23(27)25-13-11-19(12-14-25)16-18-7-9-20(10-8-18)22(26)24(2)3/h4-10,15,19H,11-14,16H2,1-3H3. The highest BCUT2D eigenvalue weighted by Crippen LogP contribution is 2.23. The zero-order valence-electron chi connectivity index (χ0n) is 16.4. The molecule has 2 amide bonds. The van der Waals surface area contributed by atoms with Crippen molar-refractivity contribution in [2.45, 2.75) is 26.2 Å². The topological polar surface area (TPSA) is 40.6 Å². The molecule has 142 valence electrons. The lowest BCUT2D eigenvalue weighted by atomic mass is 9.89. The van der Waals surface area contributed by atoms with Gasteiger partial charge in [0.1, 0.15) is 0 Å². The Morgan fingerprint density at radius 1 is 1.00 bits per heavy atom. The predicted octanol–water partition coefficient (Wildman–Crippen LogP) is 3.79. The molecule has 2 aromatic carbocycles. The molecule has 0 unspecified atom stereocenters. The third-order valence-electron chi connectivity index (χ3n) is 5.30. The first-order chi connectivity index (χ1) is 12.9. The van der Waals surface area contributed by atoms with Crippen molar-refractivity contribution in [1.82, 2.24) is 9.80 Å². The fourth-order valence-corrected chi connectivity index (χ4v) is 3.68. The summed E-state index contributed by atoms with van der Waals surface area (Å²) in [6, 6.07) is 15.8. The highest BCUT2D eigenvalue weighted by molar-refractivity contribution is 5.94. The van der Waals surface area contributed by atoms with Gasteiger partial charge in [0.15, 0.2) is 0 Å².